The summed E-state index contributed by atoms with van der Waals surface area (Å²) in [5.74, 6) is 0.299. The highest BCUT2D eigenvalue weighted by Gasteiger charge is 2.19. The maximum Gasteiger partial charge on any atom is 0.256 e. The van der Waals surface area contributed by atoms with E-state index >= 15 is 0 Å². The summed E-state index contributed by atoms with van der Waals surface area (Å²) in [5.41, 5.74) is 2.20. The van der Waals surface area contributed by atoms with Crippen LogP contribution < -0.4 is 5.32 Å². The van der Waals surface area contributed by atoms with Crippen molar-refractivity contribution in [3.8, 4) is 0 Å². The summed E-state index contributed by atoms with van der Waals surface area (Å²) in [6.07, 6.45) is 2.16. The van der Waals surface area contributed by atoms with Crippen molar-refractivity contribution in [1.82, 2.24) is 4.90 Å². The maximum atomic E-state index is 12.7. The molecule has 0 aliphatic carbocycles. The molecule has 1 heterocycles. The molecule has 0 spiro atoms. The number of thioether (sulfide) groups is 1. The molecule has 2 aromatic rings. The van der Waals surface area contributed by atoms with Crippen LogP contribution in [-0.4, -0.2) is 35.6 Å². The molecule has 136 valence electrons. The van der Waals surface area contributed by atoms with Crippen LogP contribution in [0.4, 0.5) is 5.69 Å². The van der Waals surface area contributed by atoms with Gasteiger partial charge in [0.15, 0.2) is 0 Å². The van der Waals surface area contributed by atoms with Gasteiger partial charge in [0.25, 0.3) is 5.91 Å². The van der Waals surface area contributed by atoms with Gasteiger partial charge in [0.1, 0.15) is 0 Å². The molecule has 1 N–H and O–H groups in total. The first-order valence-corrected chi connectivity index (χ1v) is 9.98. The molecule has 0 atom stereocenters. The van der Waals surface area contributed by atoms with Crippen LogP contribution in [0.5, 0.6) is 0 Å². The lowest BCUT2D eigenvalue weighted by Gasteiger charge is -2.15. The smallest absolute Gasteiger partial charge is 0.256 e. The Morgan fingerprint density at radius 1 is 1.15 bits per heavy atom. The van der Waals surface area contributed by atoms with Gasteiger partial charge in [-0.05, 0) is 55.7 Å². The van der Waals surface area contributed by atoms with E-state index in [9.17, 15) is 9.59 Å². The van der Waals surface area contributed by atoms with E-state index in [4.69, 9.17) is 11.6 Å². The second kappa shape index (κ2) is 8.60. The summed E-state index contributed by atoms with van der Waals surface area (Å²) in [4.78, 5) is 27.7. The van der Waals surface area contributed by atoms with Gasteiger partial charge in [-0.15, -0.1) is 11.8 Å². The SMILES string of the molecule is Cc1cc(Cl)ccc1NC(=O)c1ccccc1SCC(=O)N1CCCC1. The number of likely N-dealkylation sites (tertiary alicyclic amines) is 1. The fraction of sp³-hybridized carbons (Fsp3) is 0.300. The molecule has 3 rings (SSSR count). The minimum Gasteiger partial charge on any atom is -0.342 e. The number of nitrogens with one attached hydrogen (secondary N) is 1. The molecule has 1 aliphatic heterocycles. The summed E-state index contributed by atoms with van der Waals surface area (Å²) in [6, 6.07) is 12.7. The van der Waals surface area contributed by atoms with Crippen molar-refractivity contribution in [1.29, 1.82) is 0 Å². The van der Waals surface area contributed by atoms with Crippen LogP contribution in [0.2, 0.25) is 5.02 Å². The molecular formula is C20H21ClN2O2S. The van der Waals surface area contributed by atoms with Gasteiger partial charge >= 0.3 is 0 Å². The van der Waals surface area contributed by atoms with E-state index in [1.165, 1.54) is 11.8 Å². The highest BCUT2D eigenvalue weighted by atomic mass is 35.5. The quantitative estimate of drug-likeness (QED) is 0.760. The highest BCUT2D eigenvalue weighted by molar-refractivity contribution is 8.00. The molecule has 1 fully saturated rings. The summed E-state index contributed by atoms with van der Waals surface area (Å²) in [7, 11) is 0. The van der Waals surface area contributed by atoms with Gasteiger partial charge in [-0.25, -0.2) is 0 Å². The Bertz CT molecular complexity index is 819. The van der Waals surface area contributed by atoms with Crippen molar-refractivity contribution in [2.75, 3.05) is 24.2 Å². The second-order valence-electron chi connectivity index (χ2n) is 6.29. The fourth-order valence-electron chi connectivity index (χ4n) is 2.93. The third kappa shape index (κ3) is 4.59. The number of carbonyl (C=O) groups is 2. The van der Waals surface area contributed by atoms with Crippen molar-refractivity contribution in [3.05, 3.63) is 58.6 Å². The Kier molecular flexibility index (Phi) is 6.22. The zero-order chi connectivity index (χ0) is 18.5. The molecule has 0 aromatic heterocycles. The van der Waals surface area contributed by atoms with Crippen molar-refractivity contribution in [2.45, 2.75) is 24.7 Å². The predicted octanol–water partition coefficient (Wildman–Crippen LogP) is 4.62. The number of hydrogen-bond acceptors (Lipinski definition) is 3. The average Bonchev–Trinajstić information content (AvgIpc) is 3.17. The van der Waals surface area contributed by atoms with E-state index in [-0.39, 0.29) is 11.8 Å². The number of hydrogen-bond donors (Lipinski definition) is 1. The normalized spacial score (nSPS) is 13.7. The van der Waals surface area contributed by atoms with Gasteiger partial charge in [-0.3, -0.25) is 9.59 Å². The Balaban J connectivity index is 1.69. The van der Waals surface area contributed by atoms with Crippen molar-refractivity contribution >= 4 is 40.9 Å². The van der Waals surface area contributed by atoms with Crippen molar-refractivity contribution in [2.24, 2.45) is 0 Å². The third-order valence-electron chi connectivity index (χ3n) is 4.38. The lowest BCUT2D eigenvalue weighted by atomic mass is 10.1. The molecule has 1 aliphatic rings. The molecule has 26 heavy (non-hydrogen) atoms. The van der Waals surface area contributed by atoms with E-state index in [1.807, 2.05) is 36.1 Å². The van der Waals surface area contributed by atoms with Crippen LogP contribution in [0, 0.1) is 6.92 Å². The van der Waals surface area contributed by atoms with Crippen LogP contribution in [0.15, 0.2) is 47.4 Å². The Labute approximate surface area is 162 Å². The zero-order valence-electron chi connectivity index (χ0n) is 14.6. The van der Waals surface area contributed by atoms with Gasteiger partial charge in [0, 0.05) is 28.7 Å². The molecule has 0 unspecified atom stereocenters. The lowest BCUT2D eigenvalue weighted by molar-refractivity contribution is -0.127. The van der Waals surface area contributed by atoms with Crippen LogP contribution in [0.3, 0.4) is 0 Å². The monoisotopic (exact) mass is 388 g/mol. The van der Waals surface area contributed by atoms with E-state index in [0.717, 1.165) is 42.1 Å². The molecular weight excluding hydrogens is 368 g/mol. The van der Waals surface area contributed by atoms with Crippen LogP contribution in [0.1, 0.15) is 28.8 Å². The van der Waals surface area contributed by atoms with Gasteiger partial charge in [0.2, 0.25) is 5.91 Å². The molecule has 2 amide bonds. The number of nitrogens with zero attached hydrogens (tertiary/aromatic N) is 1. The molecule has 6 heteroatoms. The van der Waals surface area contributed by atoms with Gasteiger partial charge in [0.05, 0.1) is 11.3 Å². The van der Waals surface area contributed by atoms with Gasteiger partial charge in [-0.2, -0.15) is 0 Å². The summed E-state index contributed by atoms with van der Waals surface area (Å²) < 4.78 is 0. The Hall–Kier alpha value is -1.98. The summed E-state index contributed by atoms with van der Waals surface area (Å²) in [6.45, 7) is 3.59. The first-order valence-electron chi connectivity index (χ1n) is 8.62. The van der Waals surface area contributed by atoms with Gasteiger partial charge < -0.3 is 10.2 Å². The number of halogens is 1. The zero-order valence-corrected chi connectivity index (χ0v) is 16.2. The largest absolute Gasteiger partial charge is 0.342 e. The number of anilines is 1. The number of rotatable bonds is 5. The molecule has 2 aromatic carbocycles. The van der Waals surface area contributed by atoms with Crippen molar-refractivity contribution < 1.29 is 9.59 Å². The minimum atomic E-state index is -0.188. The third-order valence-corrected chi connectivity index (χ3v) is 5.67. The fourth-order valence-corrected chi connectivity index (χ4v) is 4.11. The first-order chi connectivity index (χ1) is 12.5. The number of benzene rings is 2. The van der Waals surface area contributed by atoms with Gasteiger partial charge in [-0.1, -0.05) is 23.7 Å². The highest BCUT2D eigenvalue weighted by Crippen LogP contribution is 2.26. The van der Waals surface area contributed by atoms with E-state index in [1.54, 1.807) is 18.2 Å². The molecule has 1 saturated heterocycles. The van der Waals surface area contributed by atoms with Crippen molar-refractivity contribution in [3.63, 3.8) is 0 Å². The van der Waals surface area contributed by atoms with E-state index < -0.39 is 0 Å². The predicted molar refractivity (Wildman–Crippen MR) is 107 cm³/mol. The molecule has 0 radical (unpaired) electrons. The van der Waals surface area contributed by atoms with Crippen LogP contribution >= 0.6 is 23.4 Å². The standard InChI is InChI=1S/C20H21ClN2O2S/c1-14-12-15(21)8-9-17(14)22-20(25)16-6-2-3-7-18(16)26-13-19(24)23-10-4-5-11-23/h2-3,6-9,12H,4-5,10-11,13H2,1H3,(H,22,25). The molecule has 0 bridgehead atoms. The Morgan fingerprint density at radius 3 is 2.62 bits per heavy atom. The Morgan fingerprint density at radius 2 is 1.88 bits per heavy atom. The lowest BCUT2D eigenvalue weighted by Crippen LogP contribution is -2.29. The topological polar surface area (TPSA) is 49.4 Å². The number of carbonyl (C=O) groups excluding carboxylic acids is 2. The van der Waals surface area contributed by atoms with Crippen LogP contribution in [-0.2, 0) is 4.79 Å². The minimum absolute atomic E-state index is 0.135. The second-order valence-corrected chi connectivity index (χ2v) is 7.74. The van der Waals surface area contributed by atoms with E-state index in [2.05, 4.69) is 5.32 Å². The molecule has 0 saturated carbocycles. The number of aryl methyl sites for hydroxylation is 1. The summed E-state index contributed by atoms with van der Waals surface area (Å²) in [5, 5.41) is 3.57. The molecule has 4 nitrogen and oxygen atoms in total. The van der Waals surface area contributed by atoms with Crippen LogP contribution in [0.25, 0.3) is 0 Å². The first kappa shape index (κ1) is 18.8. The summed E-state index contributed by atoms with van der Waals surface area (Å²) >= 11 is 7.38. The number of amides is 2. The average molecular weight is 389 g/mol. The van der Waals surface area contributed by atoms with E-state index in [0.29, 0.717) is 16.3 Å². The maximum absolute atomic E-state index is 12.7.